The molecule has 5 nitrogen and oxygen atoms in total. The maximum atomic E-state index is 12.9. The number of hydrogen-bond donors (Lipinski definition) is 1. The fraction of sp³-hybridized carbons (Fsp3) is 0.286. The van der Waals surface area contributed by atoms with Gasteiger partial charge in [0.05, 0.1) is 6.42 Å². The third-order valence-electron chi connectivity index (χ3n) is 3.75. The fourth-order valence-corrected chi connectivity index (χ4v) is 2.17. The van der Waals surface area contributed by atoms with E-state index in [1.807, 2.05) is 0 Å². The number of benzene rings is 2. The largest absolute Gasteiger partial charge is 0.426 e. The van der Waals surface area contributed by atoms with Crippen molar-refractivity contribution < 1.29 is 23.5 Å². The lowest BCUT2D eigenvalue weighted by molar-refractivity contribution is -0.134. The van der Waals surface area contributed by atoms with Gasteiger partial charge in [-0.1, -0.05) is 20.8 Å². The molecule has 1 N–H and O–H groups in total. The summed E-state index contributed by atoms with van der Waals surface area (Å²) in [4.78, 5) is 35.9. The van der Waals surface area contributed by atoms with E-state index in [0.717, 1.165) is 0 Å². The molecule has 0 saturated heterocycles. The molecular formula is C21H22FNO4. The summed E-state index contributed by atoms with van der Waals surface area (Å²) in [7, 11) is 0. The van der Waals surface area contributed by atoms with Crippen molar-refractivity contribution in [3.63, 3.8) is 0 Å². The van der Waals surface area contributed by atoms with Gasteiger partial charge in [-0.15, -0.1) is 0 Å². The quantitative estimate of drug-likeness (QED) is 0.479. The molecule has 6 heteroatoms. The van der Waals surface area contributed by atoms with E-state index in [2.05, 4.69) is 5.32 Å². The van der Waals surface area contributed by atoms with E-state index in [1.165, 1.54) is 48.5 Å². The van der Waals surface area contributed by atoms with Crippen LogP contribution in [0.1, 0.15) is 43.1 Å². The number of ketones is 1. The number of nitrogens with one attached hydrogen (secondary N) is 1. The Morgan fingerprint density at radius 2 is 1.44 bits per heavy atom. The van der Waals surface area contributed by atoms with Gasteiger partial charge in [0.15, 0.2) is 5.78 Å². The van der Waals surface area contributed by atoms with Crippen LogP contribution in [0.3, 0.4) is 0 Å². The van der Waals surface area contributed by atoms with E-state index in [9.17, 15) is 18.8 Å². The molecule has 0 spiro atoms. The minimum atomic E-state index is -0.517. The fourth-order valence-electron chi connectivity index (χ4n) is 2.17. The average Bonchev–Trinajstić information content (AvgIpc) is 2.61. The summed E-state index contributed by atoms with van der Waals surface area (Å²) < 4.78 is 18.1. The highest BCUT2D eigenvalue weighted by atomic mass is 19.1. The Kier molecular flexibility index (Phi) is 6.45. The first-order valence-corrected chi connectivity index (χ1v) is 8.56. The number of carbonyl (C=O) groups is 3. The molecule has 0 bridgehead atoms. The lowest BCUT2D eigenvalue weighted by Gasteiger charge is -2.17. The van der Waals surface area contributed by atoms with Gasteiger partial charge in [-0.2, -0.15) is 0 Å². The number of hydrogen-bond acceptors (Lipinski definition) is 4. The molecule has 0 radical (unpaired) electrons. The summed E-state index contributed by atoms with van der Waals surface area (Å²) in [6.45, 7) is 5.55. The first kappa shape index (κ1) is 20.3. The van der Waals surface area contributed by atoms with Gasteiger partial charge in [-0.3, -0.25) is 14.4 Å². The summed E-state index contributed by atoms with van der Waals surface area (Å²) >= 11 is 0. The summed E-state index contributed by atoms with van der Waals surface area (Å²) in [5.41, 5.74) is 0.256. The topological polar surface area (TPSA) is 72.5 Å². The van der Waals surface area contributed by atoms with Crippen LogP contribution in [0.25, 0.3) is 0 Å². The SMILES string of the molecule is CC(C)(C)C(=O)NCCC(=O)Oc1ccc(C(=O)c2ccc(F)cc2)cc1. The zero-order valence-electron chi connectivity index (χ0n) is 15.5. The average molecular weight is 371 g/mol. The van der Waals surface area contributed by atoms with Crippen LogP contribution in [0.15, 0.2) is 48.5 Å². The molecule has 2 aromatic rings. The molecule has 0 fully saturated rings. The molecule has 27 heavy (non-hydrogen) atoms. The Morgan fingerprint density at radius 3 is 1.96 bits per heavy atom. The van der Waals surface area contributed by atoms with E-state index in [0.29, 0.717) is 16.9 Å². The summed E-state index contributed by atoms with van der Waals surface area (Å²) in [6.07, 6.45) is 0.0398. The second kappa shape index (κ2) is 8.58. The number of rotatable bonds is 6. The highest BCUT2D eigenvalue weighted by Gasteiger charge is 2.20. The van der Waals surface area contributed by atoms with Crippen LogP contribution < -0.4 is 10.1 Å². The number of amides is 1. The Balaban J connectivity index is 1.88. The highest BCUT2D eigenvalue weighted by Crippen LogP contribution is 2.16. The molecule has 2 aromatic carbocycles. The molecular weight excluding hydrogens is 349 g/mol. The van der Waals surface area contributed by atoms with Crippen LogP contribution in [0.2, 0.25) is 0 Å². The molecule has 0 heterocycles. The first-order chi connectivity index (χ1) is 12.7. The van der Waals surface area contributed by atoms with Crippen molar-refractivity contribution in [3.8, 4) is 5.75 Å². The normalized spacial score (nSPS) is 11.0. The predicted molar refractivity (Wildman–Crippen MR) is 99.0 cm³/mol. The molecule has 0 saturated carbocycles. The van der Waals surface area contributed by atoms with Crippen molar-refractivity contribution in [1.82, 2.24) is 5.32 Å². The van der Waals surface area contributed by atoms with Crippen molar-refractivity contribution in [3.05, 3.63) is 65.5 Å². The minimum absolute atomic E-state index is 0.0398. The Morgan fingerprint density at radius 1 is 0.926 bits per heavy atom. The molecule has 0 aromatic heterocycles. The Labute approximate surface area is 157 Å². The van der Waals surface area contributed by atoms with E-state index >= 15 is 0 Å². The zero-order valence-corrected chi connectivity index (χ0v) is 15.5. The highest BCUT2D eigenvalue weighted by molar-refractivity contribution is 6.09. The minimum Gasteiger partial charge on any atom is -0.426 e. The Hall–Kier alpha value is -3.02. The molecule has 0 aliphatic carbocycles. The van der Waals surface area contributed by atoms with Gasteiger partial charge in [0, 0.05) is 23.1 Å². The molecule has 0 aliphatic heterocycles. The number of esters is 1. The van der Waals surface area contributed by atoms with Gasteiger partial charge in [0.2, 0.25) is 5.91 Å². The van der Waals surface area contributed by atoms with Gasteiger partial charge in [-0.25, -0.2) is 4.39 Å². The van der Waals surface area contributed by atoms with Crippen molar-refractivity contribution in [1.29, 1.82) is 0 Å². The van der Waals surface area contributed by atoms with Crippen molar-refractivity contribution in [2.24, 2.45) is 5.41 Å². The monoisotopic (exact) mass is 371 g/mol. The van der Waals surface area contributed by atoms with E-state index in [-0.39, 0.29) is 24.7 Å². The van der Waals surface area contributed by atoms with Crippen LogP contribution in [0, 0.1) is 11.2 Å². The van der Waals surface area contributed by atoms with E-state index < -0.39 is 17.2 Å². The molecule has 0 atom stereocenters. The van der Waals surface area contributed by atoms with Crippen LogP contribution in [0.5, 0.6) is 5.75 Å². The van der Waals surface area contributed by atoms with Gasteiger partial charge in [0.1, 0.15) is 11.6 Å². The first-order valence-electron chi connectivity index (χ1n) is 8.56. The Bertz CT molecular complexity index is 821. The van der Waals surface area contributed by atoms with E-state index in [1.54, 1.807) is 20.8 Å². The lowest BCUT2D eigenvalue weighted by atomic mass is 9.96. The molecule has 2 rings (SSSR count). The second-order valence-electron chi connectivity index (χ2n) is 7.09. The number of carbonyl (C=O) groups excluding carboxylic acids is 3. The van der Waals surface area contributed by atoms with Crippen molar-refractivity contribution in [2.75, 3.05) is 6.54 Å². The van der Waals surface area contributed by atoms with Crippen LogP contribution >= 0.6 is 0 Å². The van der Waals surface area contributed by atoms with Gasteiger partial charge >= 0.3 is 5.97 Å². The third kappa shape index (κ3) is 6.02. The molecule has 0 unspecified atom stereocenters. The van der Waals surface area contributed by atoms with Gasteiger partial charge in [0.25, 0.3) is 0 Å². The van der Waals surface area contributed by atoms with Crippen LogP contribution in [0.4, 0.5) is 4.39 Å². The molecule has 142 valence electrons. The molecule has 1 amide bonds. The van der Waals surface area contributed by atoms with Crippen LogP contribution in [-0.4, -0.2) is 24.2 Å². The summed E-state index contributed by atoms with van der Waals surface area (Å²) in [5.74, 6) is -0.983. The number of halogens is 1. The maximum Gasteiger partial charge on any atom is 0.312 e. The summed E-state index contributed by atoms with van der Waals surface area (Å²) in [6, 6.07) is 11.4. The zero-order chi connectivity index (χ0) is 20.0. The predicted octanol–water partition coefficient (Wildman–Crippen LogP) is 3.51. The third-order valence-corrected chi connectivity index (χ3v) is 3.75. The van der Waals surface area contributed by atoms with Crippen LogP contribution in [-0.2, 0) is 9.59 Å². The van der Waals surface area contributed by atoms with Crippen molar-refractivity contribution in [2.45, 2.75) is 27.2 Å². The summed E-state index contributed by atoms with van der Waals surface area (Å²) in [5, 5.41) is 2.67. The van der Waals surface area contributed by atoms with Gasteiger partial charge < -0.3 is 10.1 Å². The van der Waals surface area contributed by atoms with Gasteiger partial charge in [-0.05, 0) is 48.5 Å². The van der Waals surface area contributed by atoms with Crippen molar-refractivity contribution >= 4 is 17.7 Å². The number of ether oxygens (including phenoxy) is 1. The standard InChI is InChI=1S/C21H22FNO4/c1-21(2,3)20(26)23-13-12-18(24)27-17-10-6-15(7-11-17)19(25)14-4-8-16(22)9-5-14/h4-11H,12-13H2,1-3H3,(H,23,26). The molecule has 0 aliphatic rings. The van der Waals surface area contributed by atoms with E-state index in [4.69, 9.17) is 4.74 Å². The second-order valence-corrected chi connectivity index (χ2v) is 7.09. The smallest absolute Gasteiger partial charge is 0.312 e. The maximum absolute atomic E-state index is 12.9. The lowest BCUT2D eigenvalue weighted by Crippen LogP contribution is -2.36.